The molecule has 80 valence electrons. The molecule has 0 aliphatic heterocycles. The number of ether oxygens (including phenoxy) is 1. The molecule has 0 fully saturated rings. The molecule has 1 N–H and O–H groups in total. The van der Waals surface area contributed by atoms with Crippen molar-refractivity contribution in [2.45, 2.75) is 39.2 Å². The Kier molecular flexibility index (Phi) is 5.32. The highest BCUT2D eigenvalue weighted by atomic mass is 19.4. The first kappa shape index (κ1) is 12.7. The highest BCUT2D eigenvalue weighted by Gasteiger charge is 2.37. The number of rotatable bonds is 5. The van der Waals surface area contributed by atoms with Crippen LogP contribution in [-0.4, -0.2) is 31.5 Å². The van der Waals surface area contributed by atoms with Crippen LogP contribution in [0.5, 0.6) is 0 Å². The molecule has 2 nitrogen and oxygen atoms in total. The molecule has 0 aliphatic carbocycles. The van der Waals surface area contributed by atoms with Crippen LogP contribution in [0.15, 0.2) is 0 Å². The summed E-state index contributed by atoms with van der Waals surface area (Å²) in [5, 5.41) is 2.91. The molecule has 2 unspecified atom stereocenters. The molecule has 0 heterocycles. The molecule has 0 aromatic heterocycles. The summed E-state index contributed by atoms with van der Waals surface area (Å²) in [5.74, 6) is 0. The lowest BCUT2D eigenvalue weighted by molar-refractivity contribution is -0.224. The fourth-order valence-corrected chi connectivity index (χ4v) is 0.821. The second-order valence-electron chi connectivity index (χ2n) is 2.94. The van der Waals surface area contributed by atoms with Crippen molar-refractivity contribution in [3.63, 3.8) is 0 Å². The number of hydrogen-bond donors (Lipinski definition) is 1. The molecule has 0 rings (SSSR count). The number of alkyl halides is 3. The van der Waals surface area contributed by atoms with Gasteiger partial charge in [0.2, 0.25) is 0 Å². The van der Waals surface area contributed by atoms with Crippen molar-refractivity contribution < 1.29 is 17.9 Å². The minimum Gasteiger partial charge on any atom is -0.365 e. The lowest BCUT2D eigenvalue weighted by atomic mass is 10.3. The average molecular weight is 199 g/mol. The van der Waals surface area contributed by atoms with Gasteiger partial charge in [0.1, 0.15) is 0 Å². The van der Waals surface area contributed by atoms with Gasteiger partial charge in [-0.3, -0.25) is 0 Å². The third-order valence-corrected chi connectivity index (χ3v) is 1.58. The van der Waals surface area contributed by atoms with Crippen LogP contribution in [0, 0.1) is 0 Å². The van der Waals surface area contributed by atoms with Gasteiger partial charge in [-0.1, -0.05) is 6.92 Å². The molecule has 0 aliphatic rings. The Morgan fingerprint density at radius 3 is 2.23 bits per heavy atom. The normalized spacial score (nSPS) is 17.1. The molecule has 2 atom stereocenters. The van der Waals surface area contributed by atoms with Crippen LogP contribution in [0.25, 0.3) is 0 Å². The van der Waals surface area contributed by atoms with Crippen LogP contribution in [0.3, 0.4) is 0 Å². The van der Waals surface area contributed by atoms with Crippen molar-refractivity contribution in [3.05, 3.63) is 0 Å². The minimum absolute atomic E-state index is 0.420. The third kappa shape index (κ3) is 5.87. The molecule has 13 heavy (non-hydrogen) atoms. The van der Waals surface area contributed by atoms with E-state index in [9.17, 15) is 13.2 Å². The molecular weight excluding hydrogens is 183 g/mol. The summed E-state index contributed by atoms with van der Waals surface area (Å²) in [6, 6.07) is 0. The Hall–Kier alpha value is -0.290. The maximum atomic E-state index is 12.0. The molecule has 0 bridgehead atoms. The van der Waals surface area contributed by atoms with E-state index >= 15 is 0 Å². The standard InChI is InChI=1S/C8H16F3NO/c1-4-12-5-6(2)13-7(3)8(9,10)11/h6-7,12H,4-5H2,1-3H3. The highest BCUT2D eigenvalue weighted by Crippen LogP contribution is 2.23. The Labute approximate surface area is 76.5 Å². The summed E-state index contributed by atoms with van der Waals surface area (Å²) in [6.45, 7) is 5.69. The van der Waals surface area contributed by atoms with E-state index in [1.54, 1.807) is 6.92 Å². The molecule has 0 saturated carbocycles. The summed E-state index contributed by atoms with van der Waals surface area (Å²) >= 11 is 0. The summed E-state index contributed by atoms with van der Waals surface area (Å²) < 4.78 is 40.7. The zero-order valence-electron chi connectivity index (χ0n) is 8.11. The first-order valence-corrected chi connectivity index (χ1v) is 4.30. The minimum atomic E-state index is -4.26. The zero-order valence-corrected chi connectivity index (χ0v) is 8.11. The van der Waals surface area contributed by atoms with Gasteiger partial charge in [-0.15, -0.1) is 0 Å². The van der Waals surface area contributed by atoms with Crippen LogP contribution in [0.4, 0.5) is 13.2 Å². The van der Waals surface area contributed by atoms with Crippen molar-refractivity contribution in [3.8, 4) is 0 Å². The summed E-state index contributed by atoms with van der Waals surface area (Å²) in [6.07, 6.45) is -6.38. The Bertz CT molecular complexity index is 138. The van der Waals surface area contributed by atoms with Crippen LogP contribution >= 0.6 is 0 Å². The van der Waals surface area contributed by atoms with Crippen molar-refractivity contribution in [2.24, 2.45) is 0 Å². The Morgan fingerprint density at radius 1 is 1.31 bits per heavy atom. The maximum Gasteiger partial charge on any atom is 0.414 e. The van der Waals surface area contributed by atoms with Gasteiger partial charge in [-0.25, -0.2) is 0 Å². The predicted molar refractivity (Wildman–Crippen MR) is 44.6 cm³/mol. The van der Waals surface area contributed by atoms with Crippen LogP contribution < -0.4 is 5.32 Å². The van der Waals surface area contributed by atoms with Crippen molar-refractivity contribution >= 4 is 0 Å². The van der Waals surface area contributed by atoms with Crippen molar-refractivity contribution in [1.82, 2.24) is 5.32 Å². The Morgan fingerprint density at radius 2 is 1.85 bits per heavy atom. The van der Waals surface area contributed by atoms with Gasteiger partial charge < -0.3 is 10.1 Å². The van der Waals surface area contributed by atoms with E-state index in [2.05, 4.69) is 5.32 Å². The van der Waals surface area contributed by atoms with E-state index < -0.39 is 18.4 Å². The van der Waals surface area contributed by atoms with Crippen LogP contribution in [-0.2, 0) is 4.74 Å². The van der Waals surface area contributed by atoms with E-state index in [0.29, 0.717) is 6.54 Å². The lowest BCUT2D eigenvalue weighted by Crippen LogP contribution is -2.36. The number of halogens is 3. The average Bonchev–Trinajstić information content (AvgIpc) is 1.99. The second kappa shape index (κ2) is 5.44. The zero-order chi connectivity index (χ0) is 10.5. The van der Waals surface area contributed by atoms with Gasteiger partial charge in [0, 0.05) is 6.54 Å². The molecule has 0 spiro atoms. The molecule has 0 aromatic rings. The molecule has 5 heteroatoms. The summed E-state index contributed by atoms with van der Waals surface area (Å²) in [7, 11) is 0. The van der Waals surface area contributed by atoms with E-state index in [0.717, 1.165) is 13.5 Å². The SMILES string of the molecule is CCNCC(C)OC(C)C(F)(F)F. The molecule has 0 amide bonds. The fourth-order valence-electron chi connectivity index (χ4n) is 0.821. The van der Waals surface area contributed by atoms with Gasteiger partial charge in [0.15, 0.2) is 6.10 Å². The quantitative estimate of drug-likeness (QED) is 0.730. The number of likely N-dealkylation sites (N-methyl/N-ethyl adjacent to an activating group) is 1. The molecule has 0 saturated heterocycles. The van der Waals surface area contributed by atoms with E-state index in [1.807, 2.05) is 6.92 Å². The van der Waals surface area contributed by atoms with Crippen LogP contribution in [0.1, 0.15) is 20.8 Å². The number of hydrogen-bond acceptors (Lipinski definition) is 2. The molecule has 0 radical (unpaired) electrons. The van der Waals surface area contributed by atoms with Gasteiger partial charge >= 0.3 is 6.18 Å². The fraction of sp³-hybridized carbons (Fsp3) is 1.00. The summed E-state index contributed by atoms with van der Waals surface area (Å²) in [4.78, 5) is 0. The first-order chi connectivity index (χ1) is 5.88. The smallest absolute Gasteiger partial charge is 0.365 e. The third-order valence-electron chi connectivity index (χ3n) is 1.58. The lowest BCUT2D eigenvalue weighted by Gasteiger charge is -2.21. The Balaban J connectivity index is 3.71. The van der Waals surface area contributed by atoms with E-state index in [4.69, 9.17) is 4.74 Å². The van der Waals surface area contributed by atoms with Crippen LogP contribution in [0.2, 0.25) is 0 Å². The largest absolute Gasteiger partial charge is 0.414 e. The van der Waals surface area contributed by atoms with Gasteiger partial charge in [-0.05, 0) is 20.4 Å². The predicted octanol–water partition coefficient (Wildman–Crippen LogP) is 1.95. The highest BCUT2D eigenvalue weighted by molar-refractivity contribution is 4.64. The van der Waals surface area contributed by atoms with Crippen molar-refractivity contribution in [1.29, 1.82) is 0 Å². The molecular formula is C8H16F3NO. The topological polar surface area (TPSA) is 21.3 Å². The van der Waals surface area contributed by atoms with Gasteiger partial charge in [0.25, 0.3) is 0 Å². The van der Waals surface area contributed by atoms with E-state index in [1.165, 1.54) is 0 Å². The van der Waals surface area contributed by atoms with Gasteiger partial charge in [0.05, 0.1) is 6.10 Å². The second-order valence-corrected chi connectivity index (χ2v) is 2.94. The maximum absolute atomic E-state index is 12.0. The first-order valence-electron chi connectivity index (χ1n) is 4.30. The van der Waals surface area contributed by atoms with E-state index in [-0.39, 0.29) is 0 Å². The molecule has 0 aromatic carbocycles. The summed E-state index contributed by atoms with van der Waals surface area (Å²) in [5.41, 5.74) is 0. The van der Waals surface area contributed by atoms with Crippen molar-refractivity contribution in [2.75, 3.05) is 13.1 Å². The van der Waals surface area contributed by atoms with Gasteiger partial charge in [-0.2, -0.15) is 13.2 Å². The monoisotopic (exact) mass is 199 g/mol. The number of nitrogens with one attached hydrogen (secondary N) is 1.